The van der Waals surface area contributed by atoms with E-state index in [1.807, 2.05) is 36.4 Å². The maximum absolute atomic E-state index is 12.3. The van der Waals surface area contributed by atoms with Crippen molar-refractivity contribution in [2.45, 2.75) is 0 Å². The summed E-state index contributed by atoms with van der Waals surface area (Å²) in [5.74, 6) is 0.817. The molecule has 5 nitrogen and oxygen atoms in total. The molecule has 4 rings (SSSR count). The standard InChI is InChI=1S/C24H18Br2N2O3/c1-30-17-11-21(25)24(22(26)12-17)31-14-23(29)28-27-13-20-18-8-4-2-6-15(18)10-16-7-3-5-9-19(16)20/h2-13H,14H2,1H3,(H,28,29)/b27-13-. The predicted octanol–water partition coefficient (Wildman–Crippen LogP) is 6.06. The number of fused-ring (bicyclic) bond motifs is 2. The van der Waals surface area contributed by atoms with Gasteiger partial charge < -0.3 is 9.47 Å². The molecular formula is C24H18Br2N2O3. The van der Waals surface area contributed by atoms with E-state index in [-0.39, 0.29) is 12.5 Å². The summed E-state index contributed by atoms with van der Waals surface area (Å²) in [6.07, 6.45) is 1.68. The maximum Gasteiger partial charge on any atom is 0.277 e. The molecule has 0 saturated heterocycles. The maximum atomic E-state index is 12.3. The van der Waals surface area contributed by atoms with Gasteiger partial charge in [-0.2, -0.15) is 5.10 Å². The van der Waals surface area contributed by atoms with Gasteiger partial charge in [-0.25, -0.2) is 5.43 Å². The average Bonchev–Trinajstić information content (AvgIpc) is 2.77. The molecule has 0 aliphatic heterocycles. The zero-order valence-electron chi connectivity index (χ0n) is 16.6. The van der Waals surface area contributed by atoms with E-state index < -0.39 is 0 Å². The van der Waals surface area contributed by atoms with Crippen molar-refractivity contribution in [3.05, 3.63) is 81.2 Å². The highest BCUT2D eigenvalue weighted by Gasteiger charge is 2.12. The Morgan fingerprint density at radius 1 is 0.968 bits per heavy atom. The molecule has 0 heterocycles. The van der Waals surface area contributed by atoms with E-state index in [9.17, 15) is 4.79 Å². The van der Waals surface area contributed by atoms with Gasteiger partial charge in [0, 0.05) is 5.56 Å². The second-order valence-electron chi connectivity index (χ2n) is 6.73. The third-order valence-electron chi connectivity index (χ3n) is 4.75. The number of nitrogens with one attached hydrogen (secondary N) is 1. The molecule has 0 spiro atoms. The predicted molar refractivity (Wildman–Crippen MR) is 131 cm³/mol. The molecular weight excluding hydrogens is 524 g/mol. The Hall–Kier alpha value is -2.90. The van der Waals surface area contributed by atoms with Crippen molar-refractivity contribution in [2.24, 2.45) is 5.10 Å². The van der Waals surface area contributed by atoms with E-state index in [4.69, 9.17) is 9.47 Å². The smallest absolute Gasteiger partial charge is 0.277 e. The highest BCUT2D eigenvalue weighted by Crippen LogP contribution is 2.37. The molecule has 0 aliphatic carbocycles. The van der Waals surface area contributed by atoms with Gasteiger partial charge in [0.05, 0.1) is 22.3 Å². The number of amides is 1. The summed E-state index contributed by atoms with van der Waals surface area (Å²) >= 11 is 6.84. The van der Waals surface area contributed by atoms with Gasteiger partial charge in [0.1, 0.15) is 11.5 Å². The van der Waals surface area contributed by atoms with Gasteiger partial charge in [-0.05, 0) is 71.6 Å². The van der Waals surface area contributed by atoms with Gasteiger partial charge >= 0.3 is 0 Å². The molecule has 0 aliphatic rings. The Morgan fingerprint density at radius 3 is 2.13 bits per heavy atom. The van der Waals surface area contributed by atoms with Crippen LogP contribution >= 0.6 is 31.9 Å². The topological polar surface area (TPSA) is 59.9 Å². The first-order chi connectivity index (χ1) is 15.1. The van der Waals surface area contributed by atoms with Crippen molar-refractivity contribution < 1.29 is 14.3 Å². The van der Waals surface area contributed by atoms with Gasteiger partial charge in [-0.3, -0.25) is 4.79 Å². The molecule has 156 valence electrons. The van der Waals surface area contributed by atoms with Gasteiger partial charge in [0.2, 0.25) is 0 Å². The number of rotatable bonds is 6. The molecule has 4 aromatic rings. The monoisotopic (exact) mass is 540 g/mol. The van der Waals surface area contributed by atoms with Crippen molar-refractivity contribution in [1.29, 1.82) is 0 Å². The van der Waals surface area contributed by atoms with Gasteiger partial charge in [-0.15, -0.1) is 0 Å². The lowest BCUT2D eigenvalue weighted by Crippen LogP contribution is -2.24. The van der Waals surface area contributed by atoms with Gasteiger partial charge in [0.25, 0.3) is 5.91 Å². The number of hydrogen-bond donors (Lipinski definition) is 1. The van der Waals surface area contributed by atoms with Crippen molar-refractivity contribution in [1.82, 2.24) is 5.43 Å². The first kappa shape index (κ1) is 21.3. The molecule has 7 heteroatoms. The summed E-state index contributed by atoms with van der Waals surface area (Å²) in [6.45, 7) is -0.183. The van der Waals surface area contributed by atoms with Crippen molar-refractivity contribution >= 4 is 65.5 Å². The van der Waals surface area contributed by atoms with Crippen LogP contribution < -0.4 is 14.9 Å². The zero-order valence-corrected chi connectivity index (χ0v) is 19.7. The minimum absolute atomic E-state index is 0.183. The fraction of sp³-hybridized carbons (Fsp3) is 0.0833. The Kier molecular flexibility index (Phi) is 6.53. The summed E-state index contributed by atoms with van der Waals surface area (Å²) in [5, 5.41) is 8.55. The van der Waals surface area contributed by atoms with E-state index in [1.54, 1.807) is 25.5 Å². The number of carbonyl (C=O) groups excluding carboxylic acids is 1. The third kappa shape index (κ3) is 4.73. The van der Waals surface area contributed by atoms with Gasteiger partial charge in [-0.1, -0.05) is 48.5 Å². The lowest BCUT2D eigenvalue weighted by molar-refractivity contribution is -0.123. The minimum Gasteiger partial charge on any atom is -0.497 e. The van der Waals surface area contributed by atoms with Gasteiger partial charge in [0.15, 0.2) is 6.61 Å². The number of hydrogen-bond acceptors (Lipinski definition) is 4. The average molecular weight is 542 g/mol. The molecule has 0 bridgehead atoms. The Bertz CT molecular complexity index is 1230. The molecule has 1 N–H and O–H groups in total. The van der Waals surface area contributed by atoms with Crippen LogP contribution in [0.3, 0.4) is 0 Å². The van der Waals surface area contributed by atoms with E-state index in [0.29, 0.717) is 20.4 Å². The first-order valence-corrected chi connectivity index (χ1v) is 11.0. The molecule has 0 saturated carbocycles. The number of ether oxygens (including phenoxy) is 2. The second-order valence-corrected chi connectivity index (χ2v) is 8.44. The Labute approximate surface area is 196 Å². The normalized spacial score (nSPS) is 11.2. The van der Waals surface area contributed by atoms with Crippen LogP contribution in [-0.4, -0.2) is 25.8 Å². The van der Waals surface area contributed by atoms with E-state index in [0.717, 1.165) is 27.1 Å². The summed E-state index contributed by atoms with van der Waals surface area (Å²) in [6, 6.07) is 21.9. The fourth-order valence-corrected chi connectivity index (χ4v) is 4.69. The number of carbonyl (C=O) groups is 1. The van der Waals surface area contributed by atoms with E-state index in [2.05, 4.69) is 60.6 Å². The summed E-state index contributed by atoms with van der Waals surface area (Å²) in [4.78, 5) is 12.3. The number of nitrogens with zero attached hydrogens (tertiary/aromatic N) is 1. The van der Waals surface area contributed by atoms with Crippen LogP contribution in [0.25, 0.3) is 21.5 Å². The number of halogens is 2. The Balaban J connectivity index is 1.50. The lowest BCUT2D eigenvalue weighted by atomic mass is 9.97. The summed E-state index contributed by atoms with van der Waals surface area (Å²) in [7, 11) is 1.58. The molecule has 31 heavy (non-hydrogen) atoms. The van der Waals surface area contributed by atoms with Crippen LogP contribution in [0.4, 0.5) is 0 Å². The van der Waals surface area contributed by atoms with Crippen LogP contribution in [0.1, 0.15) is 5.56 Å². The van der Waals surface area contributed by atoms with Crippen LogP contribution in [0.15, 0.2) is 80.8 Å². The molecule has 0 radical (unpaired) electrons. The Morgan fingerprint density at radius 2 is 1.55 bits per heavy atom. The van der Waals surface area contributed by atoms with Crippen molar-refractivity contribution in [3.63, 3.8) is 0 Å². The van der Waals surface area contributed by atoms with Crippen LogP contribution in [0.2, 0.25) is 0 Å². The van der Waals surface area contributed by atoms with E-state index >= 15 is 0 Å². The molecule has 0 atom stereocenters. The number of hydrazone groups is 1. The SMILES string of the molecule is COc1cc(Br)c(OCC(=O)N/N=C\c2c3ccccc3cc3ccccc23)c(Br)c1. The van der Waals surface area contributed by atoms with E-state index in [1.165, 1.54) is 0 Å². The van der Waals surface area contributed by atoms with Crippen molar-refractivity contribution in [3.8, 4) is 11.5 Å². The van der Waals surface area contributed by atoms with Crippen LogP contribution in [0, 0.1) is 0 Å². The fourth-order valence-electron chi connectivity index (χ4n) is 3.32. The molecule has 1 amide bonds. The minimum atomic E-state index is -0.365. The van der Waals surface area contributed by atoms with Crippen LogP contribution in [0.5, 0.6) is 11.5 Å². The van der Waals surface area contributed by atoms with Crippen LogP contribution in [-0.2, 0) is 4.79 Å². The second kappa shape index (κ2) is 9.49. The molecule has 4 aromatic carbocycles. The quantitative estimate of drug-likeness (QED) is 0.183. The largest absolute Gasteiger partial charge is 0.497 e. The highest BCUT2D eigenvalue weighted by molar-refractivity contribution is 9.11. The first-order valence-electron chi connectivity index (χ1n) is 9.45. The van der Waals surface area contributed by atoms with Crippen molar-refractivity contribution in [2.75, 3.05) is 13.7 Å². The molecule has 0 unspecified atom stereocenters. The molecule has 0 fully saturated rings. The lowest BCUT2D eigenvalue weighted by Gasteiger charge is -2.11. The highest BCUT2D eigenvalue weighted by atomic mass is 79.9. The summed E-state index contributed by atoms with van der Waals surface area (Å²) < 4.78 is 12.2. The number of methoxy groups -OCH3 is 1. The third-order valence-corrected chi connectivity index (χ3v) is 5.93. The number of benzene rings is 4. The summed E-state index contributed by atoms with van der Waals surface area (Å²) in [5.41, 5.74) is 3.50. The molecule has 0 aromatic heterocycles. The zero-order chi connectivity index (χ0) is 21.8.